The third-order valence-corrected chi connectivity index (χ3v) is 3.50. The van der Waals surface area contributed by atoms with E-state index in [1.807, 2.05) is 12.1 Å². The zero-order valence-electron chi connectivity index (χ0n) is 12.1. The van der Waals surface area contributed by atoms with Gasteiger partial charge in [-0.1, -0.05) is 36.4 Å². The van der Waals surface area contributed by atoms with Crippen LogP contribution < -0.4 is 10.6 Å². The molecule has 2 rings (SSSR count). The second-order valence-corrected chi connectivity index (χ2v) is 5.45. The lowest BCUT2D eigenvalue weighted by atomic mass is 10.0. The fraction of sp³-hybridized carbons (Fsp3) is 0.235. The first-order valence-electron chi connectivity index (χ1n) is 6.76. The monoisotopic (exact) mass is 284 g/mol. The molecule has 104 valence electrons. The van der Waals surface area contributed by atoms with E-state index in [1.54, 1.807) is 0 Å². The van der Waals surface area contributed by atoms with Crippen molar-refractivity contribution >= 4 is 23.0 Å². The molecule has 0 aliphatic heterocycles. The van der Waals surface area contributed by atoms with Gasteiger partial charge < -0.3 is 10.6 Å². The molecule has 0 fully saturated rings. The van der Waals surface area contributed by atoms with Crippen molar-refractivity contribution in [2.75, 3.05) is 5.32 Å². The fourth-order valence-electron chi connectivity index (χ4n) is 2.24. The molecule has 2 aromatic rings. The Labute approximate surface area is 126 Å². The van der Waals surface area contributed by atoms with Gasteiger partial charge in [0.2, 0.25) is 0 Å². The van der Waals surface area contributed by atoms with Gasteiger partial charge in [-0.3, -0.25) is 0 Å². The van der Waals surface area contributed by atoms with Crippen LogP contribution in [0.2, 0.25) is 0 Å². The Balaban J connectivity index is 2.00. The minimum Gasteiger partial charge on any atom is -0.356 e. The van der Waals surface area contributed by atoms with Crippen LogP contribution in [-0.4, -0.2) is 5.11 Å². The Morgan fingerprint density at radius 1 is 1.05 bits per heavy atom. The number of rotatable bonds is 3. The van der Waals surface area contributed by atoms with Crippen molar-refractivity contribution in [1.82, 2.24) is 5.32 Å². The molecule has 2 nitrogen and oxygen atoms in total. The molecule has 0 aliphatic carbocycles. The minimum atomic E-state index is 0.181. The molecule has 0 bridgehead atoms. The van der Waals surface area contributed by atoms with Gasteiger partial charge in [0.15, 0.2) is 5.11 Å². The summed E-state index contributed by atoms with van der Waals surface area (Å²) in [5.41, 5.74) is 4.76. The standard InChI is InChI=1S/C17H20N2S/c1-12-7-6-9-15(11-12)19-17(20)18-14(3)16-10-5-4-8-13(16)2/h4-11,14H,1-3H3,(H2,18,19,20)/t14-/m1/s1. The number of hydrogen-bond donors (Lipinski definition) is 2. The summed E-state index contributed by atoms with van der Waals surface area (Å²) in [4.78, 5) is 0. The topological polar surface area (TPSA) is 24.1 Å². The van der Waals surface area contributed by atoms with Crippen LogP contribution >= 0.6 is 12.2 Å². The maximum Gasteiger partial charge on any atom is 0.171 e. The van der Waals surface area contributed by atoms with E-state index < -0.39 is 0 Å². The summed E-state index contributed by atoms with van der Waals surface area (Å²) < 4.78 is 0. The first-order chi connectivity index (χ1) is 9.56. The van der Waals surface area contributed by atoms with Crippen LogP contribution in [0.1, 0.15) is 29.7 Å². The van der Waals surface area contributed by atoms with Crippen molar-refractivity contribution in [1.29, 1.82) is 0 Å². The predicted molar refractivity (Wildman–Crippen MR) is 90.1 cm³/mol. The number of nitrogens with one attached hydrogen (secondary N) is 2. The Bertz CT molecular complexity index is 607. The summed E-state index contributed by atoms with van der Waals surface area (Å²) in [7, 11) is 0. The van der Waals surface area contributed by atoms with Gasteiger partial charge in [-0.05, 0) is 61.8 Å². The number of hydrogen-bond acceptors (Lipinski definition) is 1. The average Bonchev–Trinajstić information content (AvgIpc) is 2.38. The van der Waals surface area contributed by atoms with Crippen LogP contribution in [0.25, 0.3) is 0 Å². The Hall–Kier alpha value is -1.87. The summed E-state index contributed by atoms with van der Waals surface area (Å²) in [6, 6.07) is 16.7. The van der Waals surface area contributed by atoms with Gasteiger partial charge >= 0.3 is 0 Å². The molecule has 2 aromatic carbocycles. The van der Waals surface area contributed by atoms with Crippen LogP contribution in [-0.2, 0) is 0 Å². The van der Waals surface area contributed by atoms with Gasteiger partial charge in [0, 0.05) is 5.69 Å². The third kappa shape index (κ3) is 3.81. The molecular weight excluding hydrogens is 264 g/mol. The van der Waals surface area contributed by atoms with E-state index in [1.165, 1.54) is 16.7 Å². The first-order valence-corrected chi connectivity index (χ1v) is 7.17. The molecule has 0 heterocycles. The Morgan fingerprint density at radius 3 is 2.50 bits per heavy atom. The van der Waals surface area contributed by atoms with Gasteiger partial charge in [-0.15, -0.1) is 0 Å². The number of anilines is 1. The maximum absolute atomic E-state index is 5.38. The van der Waals surface area contributed by atoms with Crippen molar-refractivity contribution in [3.8, 4) is 0 Å². The summed E-state index contributed by atoms with van der Waals surface area (Å²) in [6.07, 6.45) is 0. The molecule has 0 unspecified atom stereocenters. The lowest BCUT2D eigenvalue weighted by Gasteiger charge is -2.19. The van der Waals surface area contributed by atoms with Crippen LogP contribution in [0.5, 0.6) is 0 Å². The van der Waals surface area contributed by atoms with Gasteiger partial charge in [0.05, 0.1) is 6.04 Å². The van der Waals surface area contributed by atoms with Crippen LogP contribution in [0.15, 0.2) is 48.5 Å². The number of benzene rings is 2. The minimum absolute atomic E-state index is 0.181. The van der Waals surface area contributed by atoms with E-state index >= 15 is 0 Å². The van der Waals surface area contributed by atoms with Crippen LogP contribution in [0.4, 0.5) is 5.69 Å². The van der Waals surface area contributed by atoms with Crippen molar-refractivity contribution in [2.24, 2.45) is 0 Å². The van der Waals surface area contributed by atoms with Crippen LogP contribution in [0.3, 0.4) is 0 Å². The summed E-state index contributed by atoms with van der Waals surface area (Å²) in [6.45, 7) is 6.30. The lowest BCUT2D eigenvalue weighted by molar-refractivity contribution is 0.717. The molecule has 20 heavy (non-hydrogen) atoms. The lowest BCUT2D eigenvalue weighted by Crippen LogP contribution is -2.31. The molecule has 0 saturated heterocycles. The molecule has 0 saturated carbocycles. The van der Waals surface area contributed by atoms with E-state index in [-0.39, 0.29) is 6.04 Å². The molecule has 0 aromatic heterocycles. The van der Waals surface area contributed by atoms with Gasteiger partial charge in [0.25, 0.3) is 0 Å². The quantitative estimate of drug-likeness (QED) is 0.819. The fourth-order valence-corrected chi connectivity index (χ4v) is 2.53. The molecule has 0 aliphatic rings. The largest absolute Gasteiger partial charge is 0.356 e. The van der Waals surface area contributed by atoms with E-state index in [0.717, 1.165) is 5.69 Å². The van der Waals surface area contributed by atoms with Crippen molar-refractivity contribution in [3.05, 3.63) is 65.2 Å². The summed E-state index contributed by atoms with van der Waals surface area (Å²) in [5.74, 6) is 0. The maximum atomic E-state index is 5.38. The molecule has 0 spiro atoms. The van der Waals surface area contributed by atoms with Crippen molar-refractivity contribution in [3.63, 3.8) is 0 Å². The Morgan fingerprint density at radius 2 is 1.80 bits per heavy atom. The summed E-state index contributed by atoms with van der Waals surface area (Å²) >= 11 is 5.38. The van der Waals surface area contributed by atoms with E-state index in [4.69, 9.17) is 12.2 Å². The predicted octanol–water partition coefficient (Wildman–Crippen LogP) is 4.35. The average molecular weight is 284 g/mol. The smallest absolute Gasteiger partial charge is 0.171 e. The van der Waals surface area contributed by atoms with Gasteiger partial charge in [-0.2, -0.15) is 0 Å². The highest BCUT2D eigenvalue weighted by molar-refractivity contribution is 7.80. The van der Waals surface area contributed by atoms with E-state index in [0.29, 0.717) is 5.11 Å². The SMILES string of the molecule is Cc1cccc(NC(=S)N[C@H](C)c2ccccc2C)c1. The molecule has 3 heteroatoms. The zero-order chi connectivity index (χ0) is 14.5. The molecule has 2 N–H and O–H groups in total. The molecule has 0 amide bonds. The normalized spacial score (nSPS) is 11.8. The van der Waals surface area contributed by atoms with Gasteiger partial charge in [-0.25, -0.2) is 0 Å². The second kappa shape index (κ2) is 6.53. The number of thiocarbonyl (C=S) groups is 1. The highest BCUT2D eigenvalue weighted by Gasteiger charge is 2.09. The third-order valence-electron chi connectivity index (χ3n) is 3.28. The molecule has 1 atom stereocenters. The zero-order valence-corrected chi connectivity index (χ0v) is 12.9. The van der Waals surface area contributed by atoms with E-state index in [2.05, 4.69) is 67.8 Å². The van der Waals surface area contributed by atoms with Crippen molar-refractivity contribution < 1.29 is 0 Å². The molecule has 0 radical (unpaired) electrons. The Kier molecular flexibility index (Phi) is 4.74. The highest BCUT2D eigenvalue weighted by atomic mass is 32.1. The summed E-state index contributed by atoms with van der Waals surface area (Å²) in [5, 5.41) is 7.19. The highest BCUT2D eigenvalue weighted by Crippen LogP contribution is 2.17. The first kappa shape index (κ1) is 14.5. The van der Waals surface area contributed by atoms with Gasteiger partial charge in [0.1, 0.15) is 0 Å². The number of aryl methyl sites for hydroxylation is 2. The second-order valence-electron chi connectivity index (χ2n) is 5.05. The molecular formula is C17H20N2S. The van der Waals surface area contributed by atoms with Crippen molar-refractivity contribution in [2.45, 2.75) is 26.8 Å². The van der Waals surface area contributed by atoms with Crippen LogP contribution in [0, 0.1) is 13.8 Å². The van der Waals surface area contributed by atoms with E-state index in [9.17, 15) is 0 Å².